The van der Waals surface area contributed by atoms with Gasteiger partial charge in [0.05, 0.1) is 0 Å². The van der Waals surface area contributed by atoms with Crippen molar-refractivity contribution in [2.75, 3.05) is 6.61 Å². The van der Waals surface area contributed by atoms with E-state index >= 15 is 0 Å². The second-order valence-corrected chi connectivity index (χ2v) is 5.00. The largest absolute Gasteiger partial charge is 0.485 e. The second kappa shape index (κ2) is 5.53. The van der Waals surface area contributed by atoms with Crippen LogP contribution >= 0.6 is 0 Å². The Labute approximate surface area is 116 Å². The number of benzene rings is 1. The Balaban J connectivity index is 1.63. The molecule has 1 aromatic rings. The Bertz CT molecular complexity index is 525. The van der Waals surface area contributed by atoms with Crippen LogP contribution in [0.5, 0.6) is 11.5 Å². The van der Waals surface area contributed by atoms with Crippen LogP contribution in [-0.4, -0.2) is 30.6 Å². The van der Waals surface area contributed by atoms with Gasteiger partial charge < -0.3 is 14.2 Å². The van der Waals surface area contributed by atoms with Crippen LogP contribution in [0.1, 0.15) is 25.7 Å². The van der Waals surface area contributed by atoms with Gasteiger partial charge in [0.2, 0.25) is 6.10 Å². The predicted molar refractivity (Wildman–Crippen MR) is 69.7 cm³/mol. The molecule has 5 nitrogen and oxygen atoms in total. The predicted octanol–water partition coefficient (Wildman–Crippen LogP) is 1.88. The number of fused-ring (bicyclic) bond motifs is 1. The van der Waals surface area contributed by atoms with Crippen molar-refractivity contribution in [2.45, 2.75) is 37.9 Å². The lowest BCUT2D eigenvalue weighted by atomic mass is 9.96. The molecular formula is C15H16O5. The van der Waals surface area contributed by atoms with Crippen LogP contribution in [0.15, 0.2) is 24.3 Å². The maximum atomic E-state index is 12.0. The minimum atomic E-state index is -0.806. The zero-order chi connectivity index (χ0) is 13.9. The third kappa shape index (κ3) is 2.61. The summed E-state index contributed by atoms with van der Waals surface area (Å²) in [5, 5.41) is 0. The van der Waals surface area contributed by atoms with Crippen LogP contribution in [0.3, 0.4) is 0 Å². The summed E-state index contributed by atoms with van der Waals surface area (Å²) >= 11 is 0. The van der Waals surface area contributed by atoms with Gasteiger partial charge in [-0.25, -0.2) is 4.79 Å². The molecule has 1 saturated carbocycles. The average Bonchev–Trinajstić information content (AvgIpc) is 2.49. The number of hydrogen-bond donors (Lipinski definition) is 0. The van der Waals surface area contributed by atoms with Gasteiger partial charge in [-0.05, 0) is 31.4 Å². The lowest BCUT2D eigenvalue weighted by molar-refractivity contribution is -0.165. The van der Waals surface area contributed by atoms with Gasteiger partial charge >= 0.3 is 5.97 Å². The van der Waals surface area contributed by atoms with Gasteiger partial charge in [0.15, 0.2) is 23.4 Å². The fourth-order valence-electron chi connectivity index (χ4n) is 2.43. The SMILES string of the molecule is O=C1CCCCC1OC(=O)C1COc2ccccc2O1. The zero-order valence-corrected chi connectivity index (χ0v) is 11.0. The number of esters is 1. The molecule has 0 aromatic heterocycles. The van der Waals surface area contributed by atoms with Crippen molar-refractivity contribution in [3.63, 3.8) is 0 Å². The average molecular weight is 276 g/mol. The number of hydrogen-bond acceptors (Lipinski definition) is 5. The zero-order valence-electron chi connectivity index (χ0n) is 11.0. The van der Waals surface area contributed by atoms with Crippen molar-refractivity contribution in [3.05, 3.63) is 24.3 Å². The molecule has 2 aliphatic rings. The third-order valence-corrected chi connectivity index (χ3v) is 3.53. The van der Waals surface area contributed by atoms with Gasteiger partial charge in [0.1, 0.15) is 6.61 Å². The van der Waals surface area contributed by atoms with Gasteiger partial charge in [-0.1, -0.05) is 12.1 Å². The van der Waals surface area contributed by atoms with E-state index in [1.54, 1.807) is 18.2 Å². The van der Waals surface area contributed by atoms with Crippen LogP contribution in [0.2, 0.25) is 0 Å². The molecule has 1 aliphatic heterocycles. The molecular weight excluding hydrogens is 260 g/mol. The van der Waals surface area contributed by atoms with Crippen LogP contribution in [0.4, 0.5) is 0 Å². The molecule has 0 saturated heterocycles. The van der Waals surface area contributed by atoms with Crippen LogP contribution < -0.4 is 9.47 Å². The molecule has 1 fully saturated rings. The molecule has 0 radical (unpaired) electrons. The first-order valence-electron chi connectivity index (χ1n) is 6.86. The van der Waals surface area contributed by atoms with E-state index in [4.69, 9.17) is 14.2 Å². The molecule has 106 valence electrons. The number of carbonyl (C=O) groups is 2. The highest BCUT2D eigenvalue weighted by Gasteiger charge is 2.33. The Morgan fingerprint density at radius 1 is 1.20 bits per heavy atom. The smallest absolute Gasteiger partial charge is 0.351 e. The quantitative estimate of drug-likeness (QED) is 0.772. The topological polar surface area (TPSA) is 61.8 Å². The van der Waals surface area contributed by atoms with Crippen molar-refractivity contribution in [3.8, 4) is 11.5 Å². The van der Waals surface area contributed by atoms with Gasteiger partial charge in [0, 0.05) is 6.42 Å². The maximum Gasteiger partial charge on any atom is 0.351 e. The Morgan fingerprint density at radius 2 is 2.00 bits per heavy atom. The first-order valence-corrected chi connectivity index (χ1v) is 6.86. The summed E-state index contributed by atoms with van der Waals surface area (Å²) in [4.78, 5) is 23.7. The molecule has 20 heavy (non-hydrogen) atoms. The number of Topliss-reactive ketones (excluding diaryl/α,β-unsaturated/α-hetero) is 1. The summed E-state index contributed by atoms with van der Waals surface area (Å²) in [5.74, 6) is 0.613. The van der Waals surface area contributed by atoms with Gasteiger partial charge in [0.25, 0.3) is 0 Å². The Kier molecular flexibility index (Phi) is 3.58. The van der Waals surface area contributed by atoms with E-state index in [1.165, 1.54) is 0 Å². The van der Waals surface area contributed by atoms with E-state index in [2.05, 4.69) is 0 Å². The van der Waals surface area contributed by atoms with E-state index in [-0.39, 0.29) is 12.4 Å². The number of ether oxygens (including phenoxy) is 3. The first-order chi connectivity index (χ1) is 9.74. The van der Waals surface area contributed by atoms with E-state index in [9.17, 15) is 9.59 Å². The molecule has 0 bridgehead atoms. The molecule has 1 aliphatic carbocycles. The van der Waals surface area contributed by atoms with Crippen molar-refractivity contribution in [2.24, 2.45) is 0 Å². The molecule has 2 atom stereocenters. The van der Waals surface area contributed by atoms with Crippen LogP contribution in [0, 0.1) is 0 Å². The molecule has 5 heteroatoms. The summed E-state index contributed by atoms with van der Waals surface area (Å²) in [5.41, 5.74) is 0. The second-order valence-electron chi connectivity index (χ2n) is 5.00. The molecule has 0 amide bonds. The minimum Gasteiger partial charge on any atom is -0.485 e. The highest BCUT2D eigenvalue weighted by molar-refractivity contribution is 5.87. The maximum absolute atomic E-state index is 12.0. The Hall–Kier alpha value is -2.04. The van der Waals surface area contributed by atoms with Crippen molar-refractivity contribution >= 4 is 11.8 Å². The lowest BCUT2D eigenvalue weighted by Crippen LogP contribution is -2.41. The van der Waals surface area contributed by atoms with E-state index in [1.807, 2.05) is 6.07 Å². The molecule has 3 rings (SSSR count). The summed E-state index contributed by atoms with van der Waals surface area (Å²) in [6, 6.07) is 7.16. The molecule has 0 spiro atoms. The van der Waals surface area contributed by atoms with Gasteiger partial charge in [-0.3, -0.25) is 4.79 Å². The van der Waals surface area contributed by atoms with E-state index in [0.29, 0.717) is 24.3 Å². The normalized spacial score (nSPS) is 25.1. The van der Waals surface area contributed by atoms with Gasteiger partial charge in [-0.2, -0.15) is 0 Å². The Morgan fingerprint density at radius 3 is 2.80 bits per heavy atom. The number of rotatable bonds is 2. The number of para-hydroxylation sites is 2. The summed E-state index contributed by atoms with van der Waals surface area (Å²) in [7, 11) is 0. The van der Waals surface area contributed by atoms with E-state index < -0.39 is 18.2 Å². The lowest BCUT2D eigenvalue weighted by Gasteiger charge is -2.27. The number of ketones is 1. The summed E-state index contributed by atoms with van der Waals surface area (Å²) < 4.78 is 16.3. The van der Waals surface area contributed by atoms with Crippen molar-refractivity contribution < 1.29 is 23.8 Å². The van der Waals surface area contributed by atoms with Crippen molar-refractivity contribution in [1.29, 1.82) is 0 Å². The van der Waals surface area contributed by atoms with Crippen molar-refractivity contribution in [1.82, 2.24) is 0 Å². The summed E-state index contributed by atoms with van der Waals surface area (Å²) in [6.45, 7) is 0.108. The standard InChI is InChI=1S/C15H16O5/c16-10-5-1-2-6-11(10)20-15(17)14-9-18-12-7-3-4-8-13(12)19-14/h3-4,7-8,11,14H,1-2,5-6,9H2. The third-order valence-electron chi connectivity index (χ3n) is 3.53. The molecule has 1 aromatic carbocycles. The molecule has 2 unspecified atom stereocenters. The highest BCUT2D eigenvalue weighted by Crippen LogP contribution is 2.31. The monoisotopic (exact) mass is 276 g/mol. The fraction of sp³-hybridized carbons (Fsp3) is 0.467. The molecule has 0 N–H and O–H groups in total. The van der Waals surface area contributed by atoms with Gasteiger partial charge in [-0.15, -0.1) is 0 Å². The number of carbonyl (C=O) groups excluding carboxylic acids is 2. The van der Waals surface area contributed by atoms with Crippen LogP contribution in [-0.2, 0) is 14.3 Å². The molecule has 1 heterocycles. The first kappa shape index (κ1) is 13.0. The highest BCUT2D eigenvalue weighted by atomic mass is 16.6. The van der Waals surface area contributed by atoms with Crippen LogP contribution in [0.25, 0.3) is 0 Å². The summed E-state index contributed by atoms with van der Waals surface area (Å²) in [6.07, 6.45) is 1.46. The van der Waals surface area contributed by atoms with E-state index in [0.717, 1.165) is 12.8 Å². The minimum absolute atomic E-state index is 0.00160. The fourth-order valence-corrected chi connectivity index (χ4v) is 2.43.